The van der Waals surface area contributed by atoms with Crippen LogP contribution in [-0.2, 0) is 17.8 Å². The summed E-state index contributed by atoms with van der Waals surface area (Å²) in [5, 5.41) is 7.57. The van der Waals surface area contributed by atoms with Crippen LogP contribution in [0.1, 0.15) is 40.2 Å². The predicted octanol–water partition coefficient (Wildman–Crippen LogP) is 4.88. The van der Waals surface area contributed by atoms with Gasteiger partial charge in [0.05, 0.1) is 5.69 Å². The first-order chi connectivity index (χ1) is 14.9. The van der Waals surface area contributed by atoms with Crippen molar-refractivity contribution in [2.75, 3.05) is 0 Å². The van der Waals surface area contributed by atoms with Crippen molar-refractivity contribution in [1.82, 2.24) is 19.9 Å². The number of nitrogens with zero attached hydrogens (tertiary/aromatic N) is 3. The van der Waals surface area contributed by atoms with Crippen molar-refractivity contribution in [3.05, 3.63) is 88.4 Å². The molecule has 1 N–H and O–H groups in total. The molecule has 0 fully saturated rings. The van der Waals surface area contributed by atoms with E-state index >= 15 is 0 Å². The van der Waals surface area contributed by atoms with Crippen molar-refractivity contribution in [2.45, 2.75) is 47.1 Å². The van der Waals surface area contributed by atoms with Gasteiger partial charge in [0.2, 0.25) is 5.91 Å². The first-order valence-corrected chi connectivity index (χ1v) is 10.7. The summed E-state index contributed by atoms with van der Waals surface area (Å²) in [7, 11) is 0. The van der Waals surface area contributed by atoms with Crippen molar-refractivity contribution in [2.24, 2.45) is 0 Å². The average molecular weight is 413 g/mol. The molecule has 4 aromatic rings. The van der Waals surface area contributed by atoms with E-state index < -0.39 is 0 Å². The van der Waals surface area contributed by atoms with Crippen LogP contribution in [0.4, 0.5) is 0 Å². The van der Waals surface area contributed by atoms with E-state index in [0.29, 0.717) is 19.4 Å². The molecular weight excluding hydrogens is 384 g/mol. The monoisotopic (exact) mass is 412 g/mol. The Balaban J connectivity index is 1.39. The maximum atomic E-state index is 12.5. The largest absolute Gasteiger partial charge is 0.352 e. The summed E-state index contributed by atoms with van der Waals surface area (Å²) >= 11 is 0. The lowest BCUT2D eigenvalue weighted by molar-refractivity contribution is -0.121. The molecule has 0 aliphatic carbocycles. The molecule has 2 heterocycles. The predicted molar refractivity (Wildman–Crippen MR) is 124 cm³/mol. The van der Waals surface area contributed by atoms with E-state index in [9.17, 15) is 4.79 Å². The van der Waals surface area contributed by atoms with Gasteiger partial charge in [0.15, 0.2) is 5.65 Å². The molecule has 31 heavy (non-hydrogen) atoms. The number of carbonyl (C=O) groups is 1. The van der Waals surface area contributed by atoms with Crippen LogP contribution in [0.5, 0.6) is 0 Å². The van der Waals surface area contributed by atoms with Gasteiger partial charge < -0.3 is 5.32 Å². The first-order valence-electron chi connectivity index (χ1n) is 10.7. The minimum atomic E-state index is 0.0384. The average Bonchev–Trinajstić information content (AvgIpc) is 3.12. The molecule has 2 aromatic heterocycles. The molecule has 0 bridgehead atoms. The molecular formula is C26H28N4O. The highest BCUT2D eigenvalue weighted by molar-refractivity contribution is 5.76. The van der Waals surface area contributed by atoms with E-state index in [0.717, 1.165) is 39.4 Å². The fraction of sp³-hybridized carbons (Fsp3) is 0.269. The van der Waals surface area contributed by atoms with E-state index in [1.807, 2.05) is 43.5 Å². The second-order valence-corrected chi connectivity index (χ2v) is 8.16. The van der Waals surface area contributed by atoms with Gasteiger partial charge in [0.1, 0.15) is 0 Å². The zero-order valence-corrected chi connectivity index (χ0v) is 18.6. The lowest BCUT2D eigenvalue weighted by Crippen LogP contribution is -2.23. The molecule has 1 amide bonds. The summed E-state index contributed by atoms with van der Waals surface area (Å²) in [6.07, 6.45) is 1.07. The smallest absolute Gasteiger partial charge is 0.220 e. The topological polar surface area (TPSA) is 59.3 Å². The highest BCUT2D eigenvalue weighted by Gasteiger charge is 2.13. The van der Waals surface area contributed by atoms with Crippen LogP contribution in [0.15, 0.2) is 54.6 Å². The normalized spacial score (nSPS) is 11.1. The number of nitrogens with one attached hydrogen (secondary N) is 1. The van der Waals surface area contributed by atoms with Crippen molar-refractivity contribution in [1.29, 1.82) is 0 Å². The SMILES string of the molecule is Cc1cccc(-c2cccc(CNC(=O)CCc3c(C)nc4cc(C)nn4c3C)c2)c1. The Morgan fingerprint density at radius 1 is 0.968 bits per heavy atom. The van der Waals surface area contributed by atoms with Gasteiger partial charge in [-0.3, -0.25) is 4.79 Å². The maximum absolute atomic E-state index is 12.5. The number of carbonyl (C=O) groups excluding carboxylic acids is 1. The van der Waals surface area contributed by atoms with Crippen molar-refractivity contribution in [3.63, 3.8) is 0 Å². The third-order valence-corrected chi connectivity index (χ3v) is 5.66. The van der Waals surface area contributed by atoms with Gasteiger partial charge in [-0.15, -0.1) is 0 Å². The molecule has 0 spiro atoms. The van der Waals surface area contributed by atoms with Crippen molar-refractivity contribution in [3.8, 4) is 11.1 Å². The molecule has 0 saturated carbocycles. The van der Waals surface area contributed by atoms with Crippen LogP contribution in [-0.4, -0.2) is 20.5 Å². The molecule has 5 heteroatoms. The Morgan fingerprint density at radius 2 is 1.71 bits per heavy atom. The molecule has 0 atom stereocenters. The molecule has 0 unspecified atom stereocenters. The molecule has 2 aromatic carbocycles. The Morgan fingerprint density at radius 3 is 2.48 bits per heavy atom. The minimum Gasteiger partial charge on any atom is -0.352 e. The van der Waals surface area contributed by atoms with Gasteiger partial charge in [-0.05, 0) is 62.4 Å². The highest BCUT2D eigenvalue weighted by atomic mass is 16.1. The lowest BCUT2D eigenvalue weighted by atomic mass is 10.0. The van der Waals surface area contributed by atoms with Crippen molar-refractivity contribution >= 4 is 11.6 Å². The first kappa shape index (κ1) is 20.8. The third-order valence-electron chi connectivity index (χ3n) is 5.66. The molecule has 0 aliphatic heterocycles. The number of fused-ring (bicyclic) bond motifs is 1. The number of hydrogen-bond acceptors (Lipinski definition) is 3. The van der Waals surface area contributed by atoms with Crippen LogP contribution < -0.4 is 5.32 Å². The van der Waals surface area contributed by atoms with Crippen molar-refractivity contribution < 1.29 is 4.79 Å². The fourth-order valence-electron chi connectivity index (χ4n) is 4.02. The number of amides is 1. The van der Waals surface area contributed by atoms with Crippen LogP contribution in [0, 0.1) is 27.7 Å². The molecule has 0 aliphatic rings. The number of rotatable bonds is 6. The number of benzene rings is 2. The Kier molecular flexibility index (Phi) is 5.85. The second kappa shape index (κ2) is 8.72. The highest BCUT2D eigenvalue weighted by Crippen LogP contribution is 2.21. The summed E-state index contributed by atoms with van der Waals surface area (Å²) in [5.41, 5.74) is 9.58. The van der Waals surface area contributed by atoms with E-state index in [1.165, 1.54) is 11.1 Å². The van der Waals surface area contributed by atoms with Gasteiger partial charge >= 0.3 is 0 Å². The van der Waals surface area contributed by atoms with Gasteiger partial charge in [-0.1, -0.05) is 48.0 Å². The van der Waals surface area contributed by atoms with E-state index in [-0.39, 0.29) is 5.91 Å². The third kappa shape index (κ3) is 4.66. The quantitative estimate of drug-likeness (QED) is 0.491. The Bertz CT molecular complexity index is 1260. The Hall–Kier alpha value is -3.47. The fourth-order valence-corrected chi connectivity index (χ4v) is 4.02. The molecule has 5 nitrogen and oxygen atoms in total. The van der Waals surface area contributed by atoms with Crippen LogP contribution in [0.25, 0.3) is 16.8 Å². The summed E-state index contributed by atoms with van der Waals surface area (Å²) in [6.45, 7) is 8.62. The molecule has 4 rings (SSSR count). The summed E-state index contributed by atoms with van der Waals surface area (Å²) < 4.78 is 1.87. The van der Waals surface area contributed by atoms with Gasteiger partial charge in [0, 0.05) is 30.4 Å². The standard InChI is InChI=1S/C26H28N4O/c1-17-7-5-9-22(13-17)23-10-6-8-21(15-23)16-27-26(31)12-11-24-19(3)28-25-14-18(2)29-30(25)20(24)4/h5-10,13-15H,11-12,16H2,1-4H3,(H,27,31). The van der Waals surface area contributed by atoms with Crippen LogP contribution in [0.2, 0.25) is 0 Å². The van der Waals surface area contributed by atoms with Crippen LogP contribution in [0.3, 0.4) is 0 Å². The Labute approximate surface area is 183 Å². The van der Waals surface area contributed by atoms with Crippen LogP contribution >= 0.6 is 0 Å². The van der Waals surface area contributed by atoms with E-state index in [2.05, 4.69) is 58.7 Å². The summed E-state index contributed by atoms with van der Waals surface area (Å²) in [6, 6.07) is 18.8. The van der Waals surface area contributed by atoms with Gasteiger partial charge in [-0.2, -0.15) is 5.10 Å². The second-order valence-electron chi connectivity index (χ2n) is 8.16. The zero-order chi connectivity index (χ0) is 22.0. The molecule has 0 radical (unpaired) electrons. The van der Waals surface area contributed by atoms with E-state index in [1.54, 1.807) is 0 Å². The minimum absolute atomic E-state index is 0.0384. The molecule has 158 valence electrons. The van der Waals surface area contributed by atoms with Gasteiger partial charge in [0.25, 0.3) is 0 Å². The zero-order valence-electron chi connectivity index (χ0n) is 18.6. The van der Waals surface area contributed by atoms with Gasteiger partial charge in [-0.25, -0.2) is 9.50 Å². The van der Waals surface area contributed by atoms with E-state index in [4.69, 9.17) is 0 Å². The number of aromatic nitrogens is 3. The molecule has 0 saturated heterocycles. The lowest BCUT2D eigenvalue weighted by Gasteiger charge is -2.11. The summed E-state index contributed by atoms with van der Waals surface area (Å²) in [5.74, 6) is 0.0384. The number of aryl methyl sites for hydroxylation is 4. The number of hydrogen-bond donors (Lipinski definition) is 1. The summed E-state index contributed by atoms with van der Waals surface area (Å²) in [4.78, 5) is 17.2. The maximum Gasteiger partial charge on any atom is 0.220 e.